The molecule has 0 bridgehead atoms. The minimum absolute atomic E-state index is 0.352. The van der Waals surface area contributed by atoms with Crippen LogP contribution in [0.3, 0.4) is 0 Å². The standard InChI is InChI=1S/C17H17NO2/c1-2-15-14(17(19)20)10-12-8-5-7-11-6-3-4-9-13(11)16(12)18-15/h3-4,6,9-10H,2,5,7-8H2,1H3,(H,19,20). The van der Waals surface area contributed by atoms with E-state index in [1.165, 1.54) is 5.56 Å². The van der Waals surface area contributed by atoms with E-state index < -0.39 is 5.97 Å². The highest BCUT2D eigenvalue weighted by Crippen LogP contribution is 2.32. The van der Waals surface area contributed by atoms with Gasteiger partial charge in [-0.2, -0.15) is 0 Å². The van der Waals surface area contributed by atoms with E-state index >= 15 is 0 Å². The Labute approximate surface area is 118 Å². The summed E-state index contributed by atoms with van der Waals surface area (Å²) in [6.45, 7) is 1.95. The molecule has 0 radical (unpaired) electrons. The van der Waals surface area contributed by atoms with Crippen LogP contribution < -0.4 is 0 Å². The van der Waals surface area contributed by atoms with E-state index in [0.717, 1.165) is 36.1 Å². The Bertz CT molecular complexity index is 677. The minimum Gasteiger partial charge on any atom is -0.478 e. The van der Waals surface area contributed by atoms with E-state index in [2.05, 4.69) is 23.2 Å². The van der Waals surface area contributed by atoms with Gasteiger partial charge in [-0.25, -0.2) is 4.79 Å². The molecule has 1 heterocycles. The van der Waals surface area contributed by atoms with Crippen LogP contribution in [0, 0.1) is 0 Å². The van der Waals surface area contributed by atoms with Crippen LogP contribution in [0.1, 0.15) is 40.5 Å². The average Bonchev–Trinajstić information content (AvgIpc) is 2.64. The number of pyridine rings is 1. The van der Waals surface area contributed by atoms with Crippen molar-refractivity contribution >= 4 is 5.97 Å². The molecular weight excluding hydrogens is 250 g/mol. The number of aromatic carboxylic acids is 1. The zero-order valence-corrected chi connectivity index (χ0v) is 11.5. The van der Waals surface area contributed by atoms with E-state index in [1.807, 2.05) is 19.1 Å². The lowest BCUT2D eigenvalue weighted by Gasteiger charge is -2.12. The summed E-state index contributed by atoms with van der Waals surface area (Å²) in [5.74, 6) is -0.880. The second-order valence-corrected chi connectivity index (χ2v) is 5.16. The first kappa shape index (κ1) is 12.9. The molecule has 20 heavy (non-hydrogen) atoms. The molecule has 1 aliphatic carbocycles. The summed E-state index contributed by atoms with van der Waals surface area (Å²) in [4.78, 5) is 16.0. The van der Waals surface area contributed by atoms with E-state index in [9.17, 15) is 9.90 Å². The van der Waals surface area contributed by atoms with Gasteiger partial charge in [0.25, 0.3) is 0 Å². The molecule has 3 rings (SSSR count). The molecule has 0 saturated heterocycles. The maximum absolute atomic E-state index is 11.4. The number of benzene rings is 1. The number of aryl methyl sites for hydroxylation is 3. The predicted molar refractivity (Wildman–Crippen MR) is 78.0 cm³/mol. The Morgan fingerprint density at radius 1 is 1.25 bits per heavy atom. The monoisotopic (exact) mass is 267 g/mol. The van der Waals surface area contributed by atoms with Gasteiger partial charge >= 0.3 is 5.97 Å². The Morgan fingerprint density at radius 2 is 2.00 bits per heavy atom. The molecule has 1 aliphatic rings. The largest absolute Gasteiger partial charge is 0.478 e. The Hall–Kier alpha value is -2.16. The number of carboxylic acid groups (broad SMARTS) is 1. The van der Waals surface area contributed by atoms with Gasteiger partial charge in [0, 0.05) is 5.56 Å². The number of carboxylic acids is 1. The third-order valence-corrected chi connectivity index (χ3v) is 3.91. The lowest BCUT2D eigenvalue weighted by molar-refractivity contribution is 0.0695. The van der Waals surface area contributed by atoms with Crippen LogP contribution in [0.25, 0.3) is 11.3 Å². The minimum atomic E-state index is -0.880. The number of nitrogens with zero attached hydrogens (tertiary/aromatic N) is 1. The quantitative estimate of drug-likeness (QED) is 0.906. The number of rotatable bonds is 2. The number of hydrogen-bond acceptors (Lipinski definition) is 2. The number of carbonyl (C=O) groups is 1. The number of fused-ring (bicyclic) bond motifs is 3. The van der Waals surface area contributed by atoms with Crippen LogP contribution >= 0.6 is 0 Å². The predicted octanol–water partition coefficient (Wildman–Crippen LogP) is 3.50. The van der Waals surface area contributed by atoms with Gasteiger partial charge in [0.15, 0.2) is 0 Å². The normalized spacial score (nSPS) is 13.2. The highest BCUT2D eigenvalue weighted by atomic mass is 16.4. The molecule has 0 aliphatic heterocycles. The second-order valence-electron chi connectivity index (χ2n) is 5.16. The molecule has 1 aromatic carbocycles. The summed E-state index contributed by atoms with van der Waals surface area (Å²) in [5, 5.41) is 9.32. The van der Waals surface area contributed by atoms with Gasteiger partial charge in [-0.15, -0.1) is 0 Å². The molecule has 0 unspecified atom stereocenters. The first-order chi connectivity index (χ1) is 9.70. The molecule has 1 N–H and O–H groups in total. The fourth-order valence-electron chi connectivity index (χ4n) is 2.91. The van der Waals surface area contributed by atoms with Crippen molar-refractivity contribution in [2.75, 3.05) is 0 Å². The summed E-state index contributed by atoms with van der Waals surface area (Å²) >= 11 is 0. The van der Waals surface area contributed by atoms with Crippen molar-refractivity contribution in [1.29, 1.82) is 0 Å². The van der Waals surface area contributed by atoms with Crippen LogP contribution in [0.2, 0.25) is 0 Å². The Kier molecular flexibility index (Phi) is 3.26. The summed E-state index contributed by atoms with van der Waals surface area (Å²) in [6.07, 6.45) is 3.59. The molecule has 102 valence electrons. The van der Waals surface area contributed by atoms with Crippen LogP contribution in [-0.2, 0) is 19.3 Å². The number of aromatic nitrogens is 1. The summed E-state index contributed by atoms with van der Waals surface area (Å²) in [7, 11) is 0. The van der Waals surface area contributed by atoms with Gasteiger partial charge in [-0.3, -0.25) is 4.98 Å². The van der Waals surface area contributed by atoms with Crippen LogP contribution in [0.15, 0.2) is 30.3 Å². The molecule has 0 saturated carbocycles. The molecular formula is C17H17NO2. The van der Waals surface area contributed by atoms with Crippen molar-refractivity contribution in [3.05, 3.63) is 52.7 Å². The third-order valence-electron chi connectivity index (χ3n) is 3.91. The van der Waals surface area contributed by atoms with Crippen LogP contribution in [0.5, 0.6) is 0 Å². The van der Waals surface area contributed by atoms with Gasteiger partial charge in [-0.1, -0.05) is 31.2 Å². The van der Waals surface area contributed by atoms with Crippen molar-refractivity contribution in [2.24, 2.45) is 0 Å². The van der Waals surface area contributed by atoms with Gasteiger partial charge < -0.3 is 5.11 Å². The van der Waals surface area contributed by atoms with Crippen molar-refractivity contribution in [1.82, 2.24) is 4.98 Å². The molecule has 1 aromatic heterocycles. The Morgan fingerprint density at radius 3 is 2.75 bits per heavy atom. The molecule has 0 amide bonds. The lowest BCUT2D eigenvalue weighted by atomic mass is 9.99. The van der Waals surface area contributed by atoms with Crippen molar-refractivity contribution < 1.29 is 9.90 Å². The highest BCUT2D eigenvalue weighted by Gasteiger charge is 2.20. The third kappa shape index (κ3) is 2.09. The van der Waals surface area contributed by atoms with Crippen molar-refractivity contribution in [3.63, 3.8) is 0 Å². The van der Waals surface area contributed by atoms with Gasteiger partial charge in [0.05, 0.1) is 17.0 Å². The van der Waals surface area contributed by atoms with Gasteiger partial charge in [0.2, 0.25) is 0 Å². The van der Waals surface area contributed by atoms with Crippen molar-refractivity contribution in [3.8, 4) is 11.3 Å². The van der Waals surface area contributed by atoms with Crippen molar-refractivity contribution in [2.45, 2.75) is 32.6 Å². The zero-order chi connectivity index (χ0) is 14.1. The summed E-state index contributed by atoms with van der Waals surface area (Å²) in [6, 6.07) is 10.1. The maximum Gasteiger partial charge on any atom is 0.337 e. The summed E-state index contributed by atoms with van der Waals surface area (Å²) in [5.41, 5.74) is 5.53. The molecule has 3 heteroatoms. The van der Waals surface area contributed by atoms with E-state index in [-0.39, 0.29) is 0 Å². The fourth-order valence-corrected chi connectivity index (χ4v) is 2.91. The molecule has 3 nitrogen and oxygen atoms in total. The van der Waals surface area contributed by atoms with Gasteiger partial charge in [-0.05, 0) is 42.9 Å². The molecule has 2 aromatic rings. The smallest absolute Gasteiger partial charge is 0.337 e. The van der Waals surface area contributed by atoms with E-state index in [4.69, 9.17) is 0 Å². The van der Waals surface area contributed by atoms with E-state index in [0.29, 0.717) is 17.7 Å². The second kappa shape index (κ2) is 5.08. The lowest BCUT2D eigenvalue weighted by Crippen LogP contribution is -2.07. The van der Waals surface area contributed by atoms with Gasteiger partial charge in [0.1, 0.15) is 0 Å². The number of hydrogen-bond donors (Lipinski definition) is 1. The first-order valence-corrected chi connectivity index (χ1v) is 7.05. The SMILES string of the molecule is CCc1nc2c(cc1C(=O)O)CCCc1ccccc1-2. The fraction of sp³-hybridized carbons (Fsp3) is 0.294. The summed E-state index contributed by atoms with van der Waals surface area (Å²) < 4.78 is 0. The zero-order valence-electron chi connectivity index (χ0n) is 11.5. The molecule has 0 fully saturated rings. The van der Waals surface area contributed by atoms with E-state index in [1.54, 1.807) is 0 Å². The maximum atomic E-state index is 11.4. The van der Waals surface area contributed by atoms with Crippen LogP contribution in [-0.4, -0.2) is 16.1 Å². The topological polar surface area (TPSA) is 50.2 Å². The highest BCUT2D eigenvalue weighted by molar-refractivity contribution is 5.90. The molecule has 0 atom stereocenters. The molecule has 0 spiro atoms. The Balaban J connectivity index is 2.26. The van der Waals surface area contributed by atoms with Crippen LogP contribution in [0.4, 0.5) is 0 Å². The average molecular weight is 267 g/mol. The first-order valence-electron chi connectivity index (χ1n) is 7.05.